The molecule has 1 unspecified atom stereocenters. The molecule has 2 aliphatic heterocycles. The summed E-state index contributed by atoms with van der Waals surface area (Å²) in [6.07, 6.45) is -1.96. The Morgan fingerprint density at radius 3 is 2.76 bits per heavy atom. The molecule has 0 amide bonds. The van der Waals surface area contributed by atoms with E-state index in [-0.39, 0.29) is 13.3 Å². The fraction of sp³-hybridized carbons (Fsp3) is 0.667. The third-order valence-corrected chi connectivity index (χ3v) is 3.60. The van der Waals surface area contributed by atoms with Crippen molar-refractivity contribution in [2.24, 2.45) is 10.7 Å². The van der Waals surface area contributed by atoms with E-state index < -0.39 is 24.5 Å². The molecule has 96 valence electrons. The lowest BCUT2D eigenvalue weighted by molar-refractivity contribution is -0.0791. The molecule has 7 nitrogen and oxygen atoms in total. The van der Waals surface area contributed by atoms with Crippen LogP contribution in [0.2, 0.25) is 0 Å². The van der Waals surface area contributed by atoms with Crippen molar-refractivity contribution in [3.63, 3.8) is 0 Å². The summed E-state index contributed by atoms with van der Waals surface area (Å²) >= 11 is 2.03. The summed E-state index contributed by atoms with van der Waals surface area (Å²) in [5.74, 6) is 0.439. The van der Waals surface area contributed by atoms with Gasteiger partial charge in [-0.1, -0.05) is 0 Å². The average molecular weight is 355 g/mol. The molecule has 2 aliphatic rings. The summed E-state index contributed by atoms with van der Waals surface area (Å²) in [7, 11) is 0. The molecular formula is C9H14IN3O4. The first-order valence-electron chi connectivity index (χ1n) is 5.10. The van der Waals surface area contributed by atoms with E-state index in [9.17, 15) is 10.2 Å². The molecule has 4 atom stereocenters. The van der Waals surface area contributed by atoms with E-state index in [0.717, 1.165) is 3.58 Å². The lowest BCUT2D eigenvalue weighted by Gasteiger charge is -2.30. The van der Waals surface area contributed by atoms with Crippen LogP contribution in [0.15, 0.2) is 14.8 Å². The quantitative estimate of drug-likeness (QED) is 0.441. The van der Waals surface area contributed by atoms with E-state index in [1.807, 2.05) is 22.6 Å². The maximum absolute atomic E-state index is 9.82. The van der Waals surface area contributed by atoms with Gasteiger partial charge in [-0.2, -0.15) is 0 Å². The van der Waals surface area contributed by atoms with E-state index in [4.69, 9.17) is 15.6 Å². The van der Waals surface area contributed by atoms with E-state index >= 15 is 0 Å². The van der Waals surface area contributed by atoms with E-state index in [1.54, 1.807) is 11.1 Å². The lowest BCUT2D eigenvalue weighted by Crippen LogP contribution is -2.43. The van der Waals surface area contributed by atoms with Crippen molar-refractivity contribution in [2.75, 3.05) is 13.3 Å². The largest absolute Gasteiger partial charge is 0.394 e. The van der Waals surface area contributed by atoms with Crippen LogP contribution in [0.1, 0.15) is 0 Å². The molecule has 5 N–H and O–H groups in total. The molecule has 0 aromatic heterocycles. The zero-order valence-corrected chi connectivity index (χ0v) is 11.1. The van der Waals surface area contributed by atoms with Crippen LogP contribution in [-0.4, -0.2) is 63.9 Å². The molecular weight excluding hydrogens is 341 g/mol. The van der Waals surface area contributed by atoms with Gasteiger partial charge in [-0.05, 0) is 22.6 Å². The number of hydrogen-bond acceptors (Lipinski definition) is 7. The highest BCUT2D eigenvalue weighted by molar-refractivity contribution is 14.1. The second-order valence-corrected chi connectivity index (χ2v) is 5.07. The minimum Gasteiger partial charge on any atom is -0.394 e. The molecule has 0 bridgehead atoms. The molecule has 8 heteroatoms. The van der Waals surface area contributed by atoms with E-state index in [1.165, 1.54) is 0 Å². The van der Waals surface area contributed by atoms with Crippen molar-refractivity contribution >= 4 is 28.4 Å². The van der Waals surface area contributed by atoms with Crippen LogP contribution >= 0.6 is 22.6 Å². The molecule has 1 saturated heterocycles. The van der Waals surface area contributed by atoms with E-state index in [2.05, 4.69) is 4.99 Å². The van der Waals surface area contributed by atoms with Crippen LogP contribution in [0.5, 0.6) is 0 Å². The van der Waals surface area contributed by atoms with Crippen LogP contribution in [0, 0.1) is 0 Å². The number of amidine groups is 1. The van der Waals surface area contributed by atoms with Crippen LogP contribution in [0.25, 0.3) is 0 Å². The Hall–Kier alpha value is -0.420. The molecule has 0 aromatic rings. The fourth-order valence-corrected chi connectivity index (χ4v) is 2.32. The van der Waals surface area contributed by atoms with Gasteiger partial charge in [-0.3, -0.25) is 0 Å². The van der Waals surface area contributed by atoms with Gasteiger partial charge < -0.3 is 30.7 Å². The summed E-state index contributed by atoms with van der Waals surface area (Å²) in [4.78, 5) is 5.70. The Bertz CT molecular complexity index is 362. The third-order valence-electron chi connectivity index (χ3n) is 2.77. The number of nitrogens with zero attached hydrogens (tertiary/aromatic N) is 2. The van der Waals surface area contributed by atoms with Crippen molar-refractivity contribution in [2.45, 2.75) is 24.5 Å². The minimum atomic E-state index is -1.10. The number of rotatable bonds is 2. The van der Waals surface area contributed by atoms with Crippen LogP contribution in [0.4, 0.5) is 0 Å². The van der Waals surface area contributed by atoms with Crippen molar-refractivity contribution in [1.29, 1.82) is 0 Å². The Morgan fingerprint density at radius 1 is 1.53 bits per heavy atom. The highest BCUT2D eigenvalue weighted by atomic mass is 127. The summed E-state index contributed by atoms with van der Waals surface area (Å²) in [5, 5.41) is 28.4. The highest BCUT2D eigenvalue weighted by Gasteiger charge is 2.44. The van der Waals surface area contributed by atoms with Gasteiger partial charge in [0.15, 0.2) is 6.23 Å². The molecule has 0 spiro atoms. The van der Waals surface area contributed by atoms with Crippen molar-refractivity contribution in [3.05, 3.63) is 9.78 Å². The summed E-state index contributed by atoms with van der Waals surface area (Å²) in [5.41, 5.74) is 5.61. The molecule has 17 heavy (non-hydrogen) atoms. The van der Waals surface area contributed by atoms with Crippen LogP contribution in [-0.2, 0) is 4.74 Å². The zero-order chi connectivity index (χ0) is 12.6. The van der Waals surface area contributed by atoms with Crippen molar-refractivity contribution < 1.29 is 20.1 Å². The average Bonchev–Trinajstić information content (AvgIpc) is 2.60. The first kappa shape index (κ1) is 13.0. The van der Waals surface area contributed by atoms with Crippen molar-refractivity contribution in [1.82, 2.24) is 4.90 Å². The molecule has 0 radical (unpaired) electrons. The Labute approximate surface area is 112 Å². The van der Waals surface area contributed by atoms with Crippen LogP contribution < -0.4 is 5.73 Å². The number of aliphatic imine (C=N–C) groups is 1. The SMILES string of the molecule is NC1=NCN(C2O[C@H](CO)[C@@H](O)[C@H]2O)C=C1I. The van der Waals surface area contributed by atoms with Gasteiger partial charge in [0, 0.05) is 6.20 Å². The molecule has 2 rings (SSSR count). The number of halogens is 1. The minimum absolute atomic E-state index is 0.255. The predicted octanol–water partition coefficient (Wildman–Crippen LogP) is -1.67. The van der Waals surface area contributed by atoms with Gasteiger partial charge in [0.1, 0.15) is 30.8 Å². The molecule has 0 saturated carbocycles. The smallest absolute Gasteiger partial charge is 0.160 e. The molecule has 0 aromatic carbocycles. The number of ether oxygens (including phenoxy) is 1. The Balaban J connectivity index is 2.10. The van der Waals surface area contributed by atoms with Gasteiger partial charge in [0.05, 0.1) is 10.2 Å². The molecule has 2 heterocycles. The third kappa shape index (κ3) is 2.40. The maximum Gasteiger partial charge on any atom is 0.160 e. The molecule has 1 fully saturated rings. The molecule has 0 aliphatic carbocycles. The normalized spacial score (nSPS) is 38.0. The Kier molecular flexibility index (Phi) is 3.88. The Morgan fingerprint density at radius 2 is 2.24 bits per heavy atom. The first-order valence-corrected chi connectivity index (χ1v) is 6.18. The number of aliphatic hydroxyl groups excluding tert-OH is 3. The van der Waals surface area contributed by atoms with Crippen molar-refractivity contribution in [3.8, 4) is 0 Å². The monoisotopic (exact) mass is 355 g/mol. The summed E-state index contributed by atoms with van der Waals surface area (Å²) in [6.45, 7) is -0.0836. The van der Waals surface area contributed by atoms with Gasteiger partial charge in [0.25, 0.3) is 0 Å². The second-order valence-electron chi connectivity index (χ2n) is 3.90. The van der Waals surface area contributed by atoms with Gasteiger partial charge in [-0.25, -0.2) is 4.99 Å². The topological polar surface area (TPSA) is 112 Å². The second kappa shape index (κ2) is 5.06. The first-order chi connectivity index (χ1) is 8.04. The standard InChI is InChI=1S/C9H14IN3O4/c10-4-1-13(3-12-8(4)11)9-7(16)6(15)5(2-14)17-9/h1,5-7,9,14-16H,2-3H2,(H2,11,12)/t5-,6-,7-,9?/m1/s1. The zero-order valence-electron chi connectivity index (χ0n) is 8.90. The maximum atomic E-state index is 9.82. The van der Waals surface area contributed by atoms with Gasteiger partial charge >= 0.3 is 0 Å². The van der Waals surface area contributed by atoms with Crippen LogP contribution in [0.3, 0.4) is 0 Å². The highest BCUT2D eigenvalue weighted by Crippen LogP contribution is 2.26. The van der Waals surface area contributed by atoms with Gasteiger partial charge in [0.2, 0.25) is 0 Å². The summed E-state index contributed by atoms with van der Waals surface area (Å²) in [6, 6.07) is 0. The number of hydrogen-bond donors (Lipinski definition) is 4. The fourth-order valence-electron chi connectivity index (χ4n) is 1.79. The van der Waals surface area contributed by atoms with Gasteiger partial charge in [-0.15, -0.1) is 0 Å². The summed E-state index contributed by atoms with van der Waals surface area (Å²) < 4.78 is 6.12. The predicted molar refractivity (Wildman–Crippen MR) is 68.2 cm³/mol. The lowest BCUT2D eigenvalue weighted by atomic mass is 10.1. The number of aliphatic hydroxyl groups is 3. The number of nitrogens with two attached hydrogens (primary N) is 1. The van der Waals surface area contributed by atoms with E-state index in [0.29, 0.717) is 5.84 Å².